The van der Waals surface area contributed by atoms with Gasteiger partial charge in [-0.25, -0.2) is 0 Å². The van der Waals surface area contributed by atoms with Crippen LogP contribution in [0.15, 0.2) is 45.8 Å². The number of aromatic nitrogens is 3. The molecule has 1 aromatic carbocycles. The number of rotatable bonds is 6. The van der Waals surface area contributed by atoms with Crippen LogP contribution in [-0.4, -0.2) is 56.1 Å². The van der Waals surface area contributed by atoms with Gasteiger partial charge in [-0.1, -0.05) is 18.2 Å². The molecule has 0 bridgehead atoms. The van der Waals surface area contributed by atoms with E-state index in [1.807, 2.05) is 6.07 Å². The summed E-state index contributed by atoms with van der Waals surface area (Å²) in [6.07, 6.45) is -1.99. The molecular formula is C19H19BrN4O6. The zero-order chi connectivity index (χ0) is 21.3. The number of hydrogen-bond donors (Lipinski definition) is 4. The molecule has 1 saturated heterocycles. The van der Waals surface area contributed by atoms with Gasteiger partial charge in [0.25, 0.3) is 11.5 Å². The lowest BCUT2D eigenvalue weighted by Gasteiger charge is -2.16. The van der Waals surface area contributed by atoms with Gasteiger partial charge in [0.05, 0.1) is 22.7 Å². The zero-order valence-electron chi connectivity index (χ0n) is 15.6. The number of carbonyl (C=O) groups is 1. The van der Waals surface area contributed by atoms with Crippen LogP contribution < -0.4 is 15.6 Å². The van der Waals surface area contributed by atoms with Crippen LogP contribution in [0.1, 0.15) is 12.6 Å². The summed E-state index contributed by atoms with van der Waals surface area (Å²) in [6.45, 7) is -0.586. The highest BCUT2D eigenvalue weighted by atomic mass is 79.9. The summed E-state index contributed by atoms with van der Waals surface area (Å²) in [7, 11) is 0. The third-order valence-electron chi connectivity index (χ3n) is 4.70. The van der Waals surface area contributed by atoms with Crippen LogP contribution in [0, 0.1) is 0 Å². The number of para-hydroxylation sites is 1. The Morgan fingerprint density at radius 2 is 2.17 bits per heavy atom. The minimum atomic E-state index is -0.847. The number of aromatic amines is 1. The molecule has 2 aromatic heterocycles. The number of hydrogen-bond acceptors (Lipinski definition) is 7. The van der Waals surface area contributed by atoms with Gasteiger partial charge in [-0.2, -0.15) is 4.98 Å². The van der Waals surface area contributed by atoms with Crippen LogP contribution in [0.3, 0.4) is 0 Å². The molecule has 1 amide bonds. The van der Waals surface area contributed by atoms with Gasteiger partial charge in [-0.15, -0.1) is 0 Å². The molecule has 0 radical (unpaired) electrons. The third-order valence-corrected chi connectivity index (χ3v) is 5.31. The summed E-state index contributed by atoms with van der Waals surface area (Å²) in [4.78, 5) is 31.5. The molecule has 30 heavy (non-hydrogen) atoms. The minimum Gasteiger partial charge on any atom is -0.484 e. The van der Waals surface area contributed by atoms with Crippen LogP contribution in [0.2, 0.25) is 0 Å². The average molecular weight is 479 g/mol. The summed E-state index contributed by atoms with van der Waals surface area (Å²) < 4.78 is 13.2. The van der Waals surface area contributed by atoms with Crippen LogP contribution in [-0.2, 0) is 9.53 Å². The van der Waals surface area contributed by atoms with Crippen molar-refractivity contribution in [3.05, 3.63) is 51.4 Å². The smallest absolute Gasteiger partial charge is 0.264 e. The Labute approximate surface area is 178 Å². The molecule has 4 N–H and O–H groups in total. The van der Waals surface area contributed by atoms with Crippen molar-refractivity contribution < 1.29 is 24.5 Å². The van der Waals surface area contributed by atoms with Gasteiger partial charge in [0, 0.05) is 6.42 Å². The summed E-state index contributed by atoms with van der Waals surface area (Å²) >= 11 is 3.38. The lowest BCUT2D eigenvalue weighted by atomic mass is 10.2. The molecule has 0 aliphatic carbocycles. The summed E-state index contributed by atoms with van der Waals surface area (Å²) in [5.41, 5.74) is -0.184. The standard InChI is InChI=1S/C19H19BrN4O6/c20-14-6-11-17(24(14)16-7-12(26)13(8-25)30-16)22-19(23-18(11)28)21-15(27)9-29-10-4-2-1-3-5-10/h1-6,12-13,16,25-26H,7-9H2,(H2,21,22,23,27,28)/t12-,13+,16+/m0/s1. The molecule has 0 unspecified atom stereocenters. The fourth-order valence-corrected chi connectivity index (χ4v) is 3.90. The highest BCUT2D eigenvalue weighted by Gasteiger charge is 2.36. The molecule has 4 rings (SSSR count). The first kappa shape index (κ1) is 20.5. The van der Waals surface area contributed by atoms with E-state index in [2.05, 4.69) is 31.2 Å². The predicted octanol–water partition coefficient (Wildman–Crippen LogP) is 1.15. The second-order valence-corrected chi connectivity index (χ2v) is 7.57. The second kappa shape index (κ2) is 8.56. The predicted molar refractivity (Wildman–Crippen MR) is 110 cm³/mol. The highest BCUT2D eigenvalue weighted by molar-refractivity contribution is 9.10. The Bertz CT molecular complexity index is 1120. The molecule has 0 spiro atoms. The number of fused-ring (bicyclic) bond motifs is 1. The van der Waals surface area contributed by atoms with E-state index in [9.17, 15) is 19.8 Å². The molecule has 10 nitrogen and oxygen atoms in total. The first-order valence-corrected chi connectivity index (χ1v) is 9.98. The molecule has 0 saturated carbocycles. The van der Waals surface area contributed by atoms with Crippen LogP contribution in [0.25, 0.3) is 11.0 Å². The van der Waals surface area contributed by atoms with Crippen molar-refractivity contribution in [2.24, 2.45) is 0 Å². The number of nitrogens with one attached hydrogen (secondary N) is 2. The largest absolute Gasteiger partial charge is 0.484 e. The number of benzene rings is 1. The number of carbonyl (C=O) groups excluding carboxylic acids is 1. The van der Waals surface area contributed by atoms with Gasteiger partial charge in [0.15, 0.2) is 12.3 Å². The highest BCUT2D eigenvalue weighted by Crippen LogP contribution is 2.34. The van der Waals surface area contributed by atoms with Crippen molar-refractivity contribution in [2.75, 3.05) is 18.5 Å². The van der Waals surface area contributed by atoms with Crippen LogP contribution >= 0.6 is 15.9 Å². The van der Waals surface area contributed by atoms with Gasteiger partial charge in [0.2, 0.25) is 5.95 Å². The molecule has 3 heterocycles. The van der Waals surface area contributed by atoms with Crippen LogP contribution in [0.4, 0.5) is 5.95 Å². The van der Waals surface area contributed by atoms with E-state index in [1.54, 1.807) is 34.9 Å². The summed E-state index contributed by atoms with van der Waals surface area (Å²) in [5, 5.41) is 22.1. The first-order chi connectivity index (χ1) is 14.5. The van der Waals surface area contributed by atoms with Crippen LogP contribution in [0.5, 0.6) is 5.75 Å². The van der Waals surface area contributed by atoms with Crippen molar-refractivity contribution in [1.29, 1.82) is 0 Å². The quantitative estimate of drug-likeness (QED) is 0.416. The van der Waals surface area contributed by atoms with E-state index >= 15 is 0 Å². The van der Waals surface area contributed by atoms with E-state index < -0.39 is 29.9 Å². The van der Waals surface area contributed by atoms with Gasteiger partial charge in [-0.05, 0) is 34.1 Å². The SMILES string of the molecule is O=C(COc1ccccc1)Nc1nc2c(cc(Br)n2[C@H]2C[C@H](O)[C@@H](CO)O2)c(=O)[nH]1. The van der Waals surface area contributed by atoms with Crippen molar-refractivity contribution in [3.63, 3.8) is 0 Å². The minimum absolute atomic E-state index is 0.0433. The maximum atomic E-state index is 12.5. The first-order valence-electron chi connectivity index (χ1n) is 9.19. The van der Waals surface area contributed by atoms with E-state index in [1.165, 1.54) is 0 Å². The molecule has 3 atom stereocenters. The van der Waals surface area contributed by atoms with Crippen molar-refractivity contribution in [3.8, 4) is 5.75 Å². The molecule has 158 valence electrons. The summed E-state index contributed by atoms with van der Waals surface area (Å²) in [5.74, 6) is 0.00223. The number of halogens is 1. The van der Waals surface area contributed by atoms with E-state index in [-0.39, 0.29) is 36.6 Å². The number of nitrogens with zero attached hydrogens (tertiary/aromatic N) is 2. The number of amides is 1. The van der Waals surface area contributed by atoms with Gasteiger partial charge >= 0.3 is 0 Å². The fourth-order valence-electron chi connectivity index (χ4n) is 3.28. The number of aliphatic hydroxyl groups excluding tert-OH is 2. The second-order valence-electron chi connectivity index (χ2n) is 6.75. The number of ether oxygens (including phenoxy) is 2. The van der Waals surface area contributed by atoms with Crippen molar-refractivity contribution >= 4 is 38.8 Å². The van der Waals surface area contributed by atoms with E-state index in [0.717, 1.165) is 0 Å². The van der Waals surface area contributed by atoms with Gasteiger partial charge in [-0.3, -0.25) is 24.5 Å². The molecule has 1 aliphatic heterocycles. The number of H-pyrrole nitrogens is 1. The molecule has 1 fully saturated rings. The zero-order valence-corrected chi connectivity index (χ0v) is 17.2. The fraction of sp³-hybridized carbons (Fsp3) is 0.316. The number of anilines is 1. The number of aliphatic hydroxyl groups is 2. The van der Waals surface area contributed by atoms with Gasteiger partial charge in [0.1, 0.15) is 18.1 Å². The van der Waals surface area contributed by atoms with Gasteiger partial charge < -0.3 is 19.7 Å². The Morgan fingerprint density at radius 1 is 1.40 bits per heavy atom. The molecule has 1 aliphatic rings. The maximum absolute atomic E-state index is 12.5. The Balaban J connectivity index is 1.56. The molecule has 11 heteroatoms. The lowest BCUT2D eigenvalue weighted by Crippen LogP contribution is -2.24. The molecule has 3 aromatic rings. The van der Waals surface area contributed by atoms with E-state index in [4.69, 9.17) is 9.47 Å². The van der Waals surface area contributed by atoms with E-state index in [0.29, 0.717) is 10.4 Å². The van der Waals surface area contributed by atoms with Crippen molar-refractivity contribution in [2.45, 2.75) is 24.9 Å². The maximum Gasteiger partial charge on any atom is 0.264 e. The third kappa shape index (κ3) is 4.10. The normalized spacial score (nSPS) is 21.1. The average Bonchev–Trinajstić information content (AvgIpc) is 3.26. The monoisotopic (exact) mass is 478 g/mol. The topological polar surface area (TPSA) is 139 Å². The Morgan fingerprint density at radius 3 is 2.87 bits per heavy atom. The van der Waals surface area contributed by atoms with Crippen molar-refractivity contribution in [1.82, 2.24) is 14.5 Å². The Hall–Kier alpha value is -2.73. The lowest BCUT2D eigenvalue weighted by molar-refractivity contribution is -0.118. The molecular weight excluding hydrogens is 460 g/mol. The Kier molecular flexibility index (Phi) is 5.86. The summed E-state index contributed by atoms with van der Waals surface area (Å²) in [6, 6.07) is 10.4.